The molecule has 0 saturated carbocycles. The van der Waals surface area contributed by atoms with Crippen molar-refractivity contribution < 1.29 is 4.39 Å². The predicted octanol–water partition coefficient (Wildman–Crippen LogP) is 3.97. The zero-order chi connectivity index (χ0) is 12.8. The number of hydrogen-bond donors (Lipinski definition) is 0. The Morgan fingerprint density at radius 3 is 2.59 bits per heavy atom. The van der Waals surface area contributed by atoms with Crippen LogP contribution in [0.25, 0.3) is 0 Å². The topological polar surface area (TPSA) is 3.24 Å². The van der Waals surface area contributed by atoms with E-state index in [-0.39, 0.29) is 5.82 Å². The van der Waals surface area contributed by atoms with Crippen LogP contribution in [-0.4, -0.2) is 25.0 Å². The van der Waals surface area contributed by atoms with Crippen molar-refractivity contribution in [3.8, 4) is 0 Å². The number of likely N-dealkylation sites (tertiary alicyclic amines) is 1. The van der Waals surface area contributed by atoms with E-state index in [1.54, 1.807) is 6.07 Å². The third-order valence-corrected chi connectivity index (χ3v) is 3.22. The minimum atomic E-state index is -0.0321. The van der Waals surface area contributed by atoms with Gasteiger partial charge in [0.2, 0.25) is 0 Å². The van der Waals surface area contributed by atoms with E-state index in [0.29, 0.717) is 5.92 Å². The summed E-state index contributed by atoms with van der Waals surface area (Å²) in [7, 11) is 2.11. The number of likely N-dealkylation sites (N-methyl/N-ethyl adjacent to an activating group) is 1. The van der Waals surface area contributed by atoms with Gasteiger partial charge >= 0.3 is 0 Å². The summed E-state index contributed by atoms with van der Waals surface area (Å²) in [5.41, 5.74) is 1.90. The highest BCUT2D eigenvalue weighted by molar-refractivity contribution is 5.27. The standard InChI is InChI=1S/C13H18FN.C2H6/c1-10-5-6-12(13(14)8-10)11-4-3-7-15(2)9-11;1-2/h5-6,8,11H,3-4,7,9H2,1-2H3;1-2H3. The Labute approximate surface area is 105 Å². The molecule has 1 heterocycles. The summed E-state index contributed by atoms with van der Waals surface area (Å²) in [4.78, 5) is 2.29. The van der Waals surface area contributed by atoms with Gasteiger partial charge in [-0.25, -0.2) is 4.39 Å². The molecule has 0 spiro atoms. The van der Waals surface area contributed by atoms with E-state index < -0.39 is 0 Å². The highest BCUT2D eigenvalue weighted by Gasteiger charge is 2.21. The lowest BCUT2D eigenvalue weighted by Gasteiger charge is -2.30. The number of piperidine rings is 1. The fraction of sp³-hybridized carbons (Fsp3) is 0.600. The van der Waals surface area contributed by atoms with Crippen molar-refractivity contribution in [3.63, 3.8) is 0 Å². The van der Waals surface area contributed by atoms with Gasteiger partial charge in [0.1, 0.15) is 5.82 Å². The van der Waals surface area contributed by atoms with Crippen molar-refractivity contribution in [2.45, 2.75) is 39.5 Å². The van der Waals surface area contributed by atoms with Crippen molar-refractivity contribution in [1.29, 1.82) is 0 Å². The van der Waals surface area contributed by atoms with Crippen molar-refractivity contribution in [2.75, 3.05) is 20.1 Å². The first-order valence-electron chi connectivity index (χ1n) is 6.61. The van der Waals surface area contributed by atoms with E-state index in [1.165, 1.54) is 6.42 Å². The molecule has 0 aliphatic carbocycles. The summed E-state index contributed by atoms with van der Waals surface area (Å²) in [6.07, 6.45) is 2.29. The van der Waals surface area contributed by atoms with Crippen LogP contribution in [0.1, 0.15) is 43.7 Å². The Balaban J connectivity index is 0.000000686. The molecule has 0 amide bonds. The molecular weight excluding hydrogens is 213 g/mol. The summed E-state index contributed by atoms with van der Waals surface area (Å²) < 4.78 is 13.7. The third-order valence-electron chi connectivity index (χ3n) is 3.22. The first-order valence-corrected chi connectivity index (χ1v) is 6.61. The van der Waals surface area contributed by atoms with E-state index in [2.05, 4.69) is 11.9 Å². The van der Waals surface area contributed by atoms with Crippen LogP contribution < -0.4 is 0 Å². The fourth-order valence-corrected chi connectivity index (χ4v) is 2.38. The minimum absolute atomic E-state index is 0.0321. The smallest absolute Gasteiger partial charge is 0.126 e. The molecule has 1 aromatic carbocycles. The number of hydrogen-bond acceptors (Lipinski definition) is 1. The second-order valence-corrected chi connectivity index (χ2v) is 4.63. The molecule has 17 heavy (non-hydrogen) atoms. The number of rotatable bonds is 1. The van der Waals surface area contributed by atoms with Crippen LogP contribution in [0.2, 0.25) is 0 Å². The fourth-order valence-electron chi connectivity index (χ4n) is 2.38. The van der Waals surface area contributed by atoms with Crippen molar-refractivity contribution in [2.24, 2.45) is 0 Å². The average molecular weight is 237 g/mol. The monoisotopic (exact) mass is 237 g/mol. The maximum atomic E-state index is 13.7. The van der Waals surface area contributed by atoms with Crippen LogP contribution in [-0.2, 0) is 0 Å². The van der Waals surface area contributed by atoms with Crippen LogP contribution in [0.3, 0.4) is 0 Å². The molecule has 1 saturated heterocycles. The lowest BCUT2D eigenvalue weighted by atomic mass is 9.90. The molecule has 0 bridgehead atoms. The van der Waals surface area contributed by atoms with Crippen molar-refractivity contribution >= 4 is 0 Å². The van der Waals surface area contributed by atoms with Gasteiger partial charge in [0.05, 0.1) is 0 Å². The van der Waals surface area contributed by atoms with Crippen molar-refractivity contribution in [1.82, 2.24) is 4.90 Å². The van der Waals surface area contributed by atoms with Gasteiger partial charge in [0.25, 0.3) is 0 Å². The molecular formula is C15H24FN. The summed E-state index contributed by atoms with van der Waals surface area (Å²) in [6, 6.07) is 5.60. The highest BCUT2D eigenvalue weighted by atomic mass is 19.1. The van der Waals surface area contributed by atoms with Gasteiger partial charge in [0, 0.05) is 6.54 Å². The van der Waals surface area contributed by atoms with Crippen LogP contribution in [0.15, 0.2) is 18.2 Å². The molecule has 0 aromatic heterocycles. The number of benzene rings is 1. The number of aryl methyl sites for hydroxylation is 1. The Bertz CT molecular complexity index is 349. The number of halogens is 1. The molecule has 1 nitrogen and oxygen atoms in total. The van der Waals surface area contributed by atoms with Gasteiger partial charge in [-0.2, -0.15) is 0 Å². The zero-order valence-electron chi connectivity index (χ0n) is 11.5. The first kappa shape index (κ1) is 14.2. The van der Waals surface area contributed by atoms with Gasteiger partial charge in [-0.05, 0) is 56.5 Å². The largest absolute Gasteiger partial charge is 0.306 e. The number of nitrogens with zero attached hydrogens (tertiary/aromatic N) is 1. The van der Waals surface area contributed by atoms with Crippen molar-refractivity contribution in [3.05, 3.63) is 35.1 Å². The van der Waals surface area contributed by atoms with Crippen LogP contribution in [0, 0.1) is 12.7 Å². The molecule has 1 fully saturated rings. The van der Waals surface area contributed by atoms with Gasteiger partial charge in [-0.3, -0.25) is 0 Å². The van der Waals surface area contributed by atoms with E-state index >= 15 is 0 Å². The molecule has 0 radical (unpaired) electrons. The first-order chi connectivity index (χ1) is 8.16. The lowest BCUT2D eigenvalue weighted by molar-refractivity contribution is 0.248. The van der Waals surface area contributed by atoms with E-state index in [0.717, 1.165) is 30.6 Å². The molecule has 2 rings (SSSR count). The molecule has 2 heteroatoms. The van der Waals surface area contributed by atoms with E-state index in [1.807, 2.05) is 32.9 Å². The van der Waals surface area contributed by atoms with Crippen LogP contribution in [0.4, 0.5) is 4.39 Å². The maximum absolute atomic E-state index is 13.7. The second-order valence-electron chi connectivity index (χ2n) is 4.63. The summed E-state index contributed by atoms with van der Waals surface area (Å²) in [5.74, 6) is 0.347. The SMILES string of the molecule is CC.Cc1ccc(C2CCCN(C)C2)c(F)c1. The molecule has 1 atom stereocenters. The van der Waals surface area contributed by atoms with Gasteiger partial charge in [-0.15, -0.1) is 0 Å². The molecule has 1 unspecified atom stereocenters. The molecule has 1 aliphatic heterocycles. The Morgan fingerprint density at radius 1 is 1.29 bits per heavy atom. The van der Waals surface area contributed by atoms with Gasteiger partial charge in [-0.1, -0.05) is 26.0 Å². The maximum Gasteiger partial charge on any atom is 0.126 e. The van der Waals surface area contributed by atoms with Crippen LogP contribution >= 0.6 is 0 Å². The third kappa shape index (κ3) is 3.81. The second kappa shape index (κ2) is 6.75. The molecule has 1 aliphatic rings. The van der Waals surface area contributed by atoms with Gasteiger partial charge in [0.15, 0.2) is 0 Å². The summed E-state index contributed by atoms with van der Waals surface area (Å²) >= 11 is 0. The average Bonchev–Trinajstić information content (AvgIpc) is 2.31. The Kier molecular flexibility index (Phi) is 5.63. The molecule has 1 aromatic rings. The summed E-state index contributed by atoms with van der Waals surface area (Å²) in [6.45, 7) is 8.06. The molecule has 96 valence electrons. The quantitative estimate of drug-likeness (QED) is 0.714. The zero-order valence-corrected chi connectivity index (χ0v) is 11.5. The Morgan fingerprint density at radius 2 is 2.00 bits per heavy atom. The minimum Gasteiger partial charge on any atom is -0.306 e. The summed E-state index contributed by atoms with van der Waals surface area (Å²) in [5, 5.41) is 0. The normalized spacial score (nSPS) is 20.6. The highest BCUT2D eigenvalue weighted by Crippen LogP contribution is 2.28. The van der Waals surface area contributed by atoms with Gasteiger partial charge < -0.3 is 4.90 Å². The Hall–Kier alpha value is -0.890. The van der Waals surface area contributed by atoms with E-state index in [9.17, 15) is 4.39 Å². The van der Waals surface area contributed by atoms with Crippen LogP contribution in [0.5, 0.6) is 0 Å². The molecule has 0 N–H and O–H groups in total. The predicted molar refractivity (Wildman–Crippen MR) is 72.0 cm³/mol. The van der Waals surface area contributed by atoms with E-state index in [4.69, 9.17) is 0 Å². The lowest BCUT2D eigenvalue weighted by Crippen LogP contribution is -2.31.